The van der Waals surface area contributed by atoms with Gasteiger partial charge in [0.25, 0.3) is 0 Å². The number of alkyl halides is 5. The summed E-state index contributed by atoms with van der Waals surface area (Å²) in [4.78, 5) is 0. The van der Waals surface area contributed by atoms with Crippen LogP contribution < -0.4 is 4.74 Å². The Morgan fingerprint density at radius 1 is 0.681 bits per heavy atom. The van der Waals surface area contributed by atoms with Crippen LogP contribution in [0.1, 0.15) is 138 Å². The van der Waals surface area contributed by atoms with E-state index >= 15 is 13.2 Å². The Hall–Kier alpha value is -2.32. The number of unbranched alkanes of at least 4 members (excludes halogenated alkanes) is 2. The molecular weight excluding hydrogens is 624 g/mol. The van der Waals surface area contributed by atoms with Gasteiger partial charge in [-0.3, -0.25) is 0 Å². The van der Waals surface area contributed by atoms with Gasteiger partial charge in [-0.25, -0.2) is 17.6 Å². The van der Waals surface area contributed by atoms with Crippen LogP contribution in [0, 0.1) is 41.1 Å². The molecule has 0 N–H and O–H groups in total. The molecule has 0 aromatic heterocycles. The molecule has 0 saturated heterocycles. The van der Waals surface area contributed by atoms with E-state index in [-0.39, 0.29) is 42.6 Å². The lowest BCUT2D eigenvalue weighted by atomic mass is 9.68. The smallest absolute Gasteiger partial charge is 0.400 e. The maximum atomic E-state index is 15.4. The molecule has 0 spiro atoms. The van der Waals surface area contributed by atoms with Crippen LogP contribution in [0.5, 0.6) is 5.75 Å². The molecule has 0 aliphatic heterocycles. The van der Waals surface area contributed by atoms with Gasteiger partial charge in [-0.05, 0) is 124 Å². The lowest BCUT2D eigenvalue weighted by molar-refractivity contribution is -0.224. The van der Waals surface area contributed by atoms with Crippen LogP contribution in [0.3, 0.4) is 0 Å². The van der Waals surface area contributed by atoms with Crippen LogP contribution in [-0.2, 0) is 5.92 Å². The van der Waals surface area contributed by atoms with Crippen molar-refractivity contribution in [2.45, 2.75) is 134 Å². The van der Waals surface area contributed by atoms with E-state index in [1.54, 1.807) is 6.07 Å². The first-order chi connectivity index (χ1) is 22.4. The van der Waals surface area contributed by atoms with E-state index in [1.807, 2.05) is 6.07 Å². The van der Waals surface area contributed by atoms with E-state index in [9.17, 15) is 22.0 Å². The fourth-order valence-electron chi connectivity index (χ4n) is 8.69. The van der Waals surface area contributed by atoms with Gasteiger partial charge in [-0.2, -0.15) is 17.6 Å². The number of hydrogen-bond acceptors (Lipinski definition) is 1. The van der Waals surface area contributed by atoms with Crippen molar-refractivity contribution in [1.29, 1.82) is 0 Å². The first-order valence-electron chi connectivity index (χ1n) is 17.7. The zero-order valence-corrected chi connectivity index (χ0v) is 27.3. The van der Waals surface area contributed by atoms with E-state index in [0.29, 0.717) is 24.7 Å². The number of hydrogen-bond donors (Lipinski definition) is 0. The summed E-state index contributed by atoms with van der Waals surface area (Å²) in [5.41, 5.74) is 0.0987. The summed E-state index contributed by atoms with van der Waals surface area (Å²) in [5.74, 6) is -8.31. The molecule has 3 aliphatic carbocycles. The summed E-state index contributed by atoms with van der Waals surface area (Å²) in [6, 6.07) is 6.39. The zero-order chi connectivity index (χ0) is 33.8. The minimum atomic E-state index is -4.42. The van der Waals surface area contributed by atoms with Gasteiger partial charge in [0.1, 0.15) is 23.2 Å². The van der Waals surface area contributed by atoms with Crippen LogP contribution in [-0.4, -0.2) is 12.8 Å². The van der Waals surface area contributed by atoms with Gasteiger partial charge in [-0.15, -0.1) is 0 Å². The summed E-state index contributed by atoms with van der Waals surface area (Å²) in [7, 11) is 0. The van der Waals surface area contributed by atoms with Crippen LogP contribution in [0.25, 0.3) is 0 Å². The summed E-state index contributed by atoms with van der Waals surface area (Å²) in [5, 5.41) is 0. The summed E-state index contributed by atoms with van der Waals surface area (Å²) in [6.45, 7) is -0.0954. The molecule has 2 aromatic rings. The van der Waals surface area contributed by atoms with Crippen molar-refractivity contribution in [3.05, 3.63) is 64.5 Å². The maximum absolute atomic E-state index is 15.4. The maximum Gasteiger partial charge on any atom is 0.400 e. The van der Waals surface area contributed by atoms with Gasteiger partial charge in [0.05, 0.1) is 11.5 Å². The predicted molar refractivity (Wildman–Crippen MR) is 167 cm³/mol. The summed E-state index contributed by atoms with van der Waals surface area (Å²) in [6.07, 6.45) is 11.1. The van der Waals surface area contributed by atoms with Crippen LogP contribution in [0.15, 0.2) is 30.3 Å². The molecule has 3 aliphatic rings. The molecule has 47 heavy (non-hydrogen) atoms. The highest BCUT2D eigenvalue weighted by Gasteiger charge is 2.46. The first kappa shape index (κ1) is 36.0. The van der Waals surface area contributed by atoms with Gasteiger partial charge in [0, 0.05) is 12.1 Å². The molecule has 1 nitrogen and oxygen atoms in total. The van der Waals surface area contributed by atoms with Crippen molar-refractivity contribution in [2.24, 2.45) is 23.7 Å². The molecule has 0 heterocycles. The second kappa shape index (κ2) is 15.5. The van der Waals surface area contributed by atoms with Crippen molar-refractivity contribution in [2.75, 3.05) is 6.67 Å². The molecule has 0 radical (unpaired) electrons. The zero-order valence-electron chi connectivity index (χ0n) is 27.3. The normalized spacial score (nSPS) is 27.5. The van der Waals surface area contributed by atoms with Gasteiger partial charge in [-0.1, -0.05) is 44.7 Å². The highest BCUT2D eigenvalue weighted by Crippen LogP contribution is 2.48. The Bertz CT molecular complexity index is 1280. The Kier molecular flexibility index (Phi) is 11.9. The van der Waals surface area contributed by atoms with Crippen molar-refractivity contribution >= 4 is 0 Å². The fourth-order valence-corrected chi connectivity index (χ4v) is 8.69. The lowest BCUT2D eigenvalue weighted by Gasteiger charge is -2.39. The third-order valence-electron chi connectivity index (χ3n) is 11.5. The minimum Gasteiger partial charge on any atom is -0.432 e. The number of halogens is 8. The molecule has 0 unspecified atom stereocenters. The average Bonchev–Trinajstić information content (AvgIpc) is 3.05. The third-order valence-corrected chi connectivity index (χ3v) is 11.5. The SMILES string of the molecule is CCCCCC1CCC(c2ccc(C3CCC(C4CCC(C(F)(F)Oc5cc(F)c(C(F)(F)CF)c(F)c5)CC4)CC3)c(F)c2)CC1. The third kappa shape index (κ3) is 8.65. The van der Waals surface area contributed by atoms with Crippen LogP contribution >= 0.6 is 0 Å². The molecule has 0 amide bonds. The Morgan fingerprint density at radius 3 is 1.81 bits per heavy atom. The molecule has 0 atom stereocenters. The van der Waals surface area contributed by atoms with Crippen LogP contribution in [0.4, 0.5) is 35.1 Å². The quantitative estimate of drug-likeness (QED) is 0.161. The highest BCUT2D eigenvalue weighted by molar-refractivity contribution is 5.34. The first-order valence-corrected chi connectivity index (χ1v) is 17.7. The van der Waals surface area contributed by atoms with E-state index in [0.717, 1.165) is 55.6 Å². The molecule has 0 bridgehead atoms. The van der Waals surface area contributed by atoms with Crippen molar-refractivity contribution in [3.8, 4) is 5.75 Å². The van der Waals surface area contributed by atoms with Gasteiger partial charge < -0.3 is 4.74 Å². The molecule has 5 rings (SSSR count). The second-order valence-electron chi connectivity index (χ2n) is 14.5. The van der Waals surface area contributed by atoms with Gasteiger partial charge in [0.15, 0.2) is 6.67 Å². The van der Waals surface area contributed by atoms with Crippen molar-refractivity contribution in [3.63, 3.8) is 0 Å². The lowest BCUT2D eigenvalue weighted by Crippen LogP contribution is -2.38. The molecular formula is C38H48F8O. The van der Waals surface area contributed by atoms with Crippen molar-refractivity contribution < 1.29 is 39.9 Å². The second-order valence-corrected chi connectivity index (χ2v) is 14.5. The monoisotopic (exact) mass is 672 g/mol. The fraction of sp³-hybridized carbons (Fsp3) is 0.684. The average molecular weight is 673 g/mol. The topological polar surface area (TPSA) is 9.23 Å². The summed E-state index contributed by atoms with van der Waals surface area (Å²) < 4.78 is 118. The minimum absolute atomic E-state index is 0.107. The van der Waals surface area contributed by atoms with E-state index in [4.69, 9.17) is 0 Å². The summed E-state index contributed by atoms with van der Waals surface area (Å²) >= 11 is 0. The molecule has 9 heteroatoms. The van der Waals surface area contributed by atoms with E-state index in [1.165, 1.54) is 38.5 Å². The standard InChI is InChI=1S/C38H48F8O/c1-2-3-4-5-24-6-8-27(9-7-24)29-16-19-32(33(40)20-29)28-12-10-25(11-13-28)26-14-17-30(18-15-26)38(45,46)47-31-21-34(41)36(35(42)22-31)37(43,44)23-39/h16,19-22,24-28,30H,2-15,17-18,23H2,1H3. The number of rotatable bonds is 12. The largest absolute Gasteiger partial charge is 0.432 e. The molecule has 262 valence electrons. The molecule has 2 aromatic carbocycles. The molecule has 3 saturated carbocycles. The van der Waals surface area contributed by atoms with E-state index < -0.39 is 47.6 Å². The van der Waals surface area contributed by atoms with Gasteiger partial charge >= 0.3 is 12.0 Å². The predicted octanol–water partition coefficient (Wildman–Crippen LogP) is 12.8. The number of ether oxygens (including phenoxy) is 1. The number of benzene rings is 2. The van der Waals surface area contributed by atoms with E-state index in [2.05, 4.69) is 17.7 Å². The van der Waals surface area contributed by atoms with Gasteiger partial charge in [0.2, 0.25) is 0 Å². The highest BCUT2D eigenvalue weighted by atomic mass is 19.3. The Balaban J connectivity index is 1.09. The van der Waals surface area contributed by atoms with Crippen molar-refractivity contribution in [1.82, 2.24) is 0 Å². The molecule has 3 fully saturated rings. The Morgan fingerprint density at radius 2 is 1.26 bits per heavy atom. The Labute approximate surface area is 273 Å². The van der Waals surface area contributed by atoms with Crippen LogP contribution in [0.2, 0.25) is 0 Å².